The molecule has 2 nitrogen and oxygen atoms in total. The zero-order valence-electron chi connectivity index (χ0n) is 9.75. The highest BCUT2D eigenvalue weighted by atomic mass is 15.3. The fourth-order valence-electron chi connectivity index (χ4n) is 2.18. The molecule has 0 bridgehead atoms. The van der Waals surface area contributed by atoms with E-state index in [-0.39, 0.29) is 0 Å². The van der Waals surface area contributed by atoms with Gasteiger partial charge in [-0.1, -0.05) is 13.8 Å². The summed E-state index contributed by atoms with van der Waals surface area (Å²) in [7, 11) is 2.24. The summed E-state index contributed by atoms with van der Waals surface area (Å²) < 4.78 is 0. The van der Waals surface area contributed by atoms with Crippen LogP contribution in [0.4, 0.5) is 0 Å². The molecular formula is C11H24N2. The highest BCUT2D eigenvalue weighted by molar-refractivity contribution is 4.82. The lowest BCUT2D eigenvalue weighted by Crippen LogP contribution is -2.55. The van der Waals surface area contributed by atoms with Gasteiger partial charge in [0.1, 0.15) is 0 Å². The molecule has 78 valence electrons. The van der Waals surface area contributed by atoms with Crippen LogP contribution in [0.3, 0.4) is 0 Å². The van der Waals surface area contributed by atoms with Gasteiger partial charge in [0.2, 0.25) is 0 Å². The van der Waals surface area contributed by atoms with Gasteiger partial charge in [0, 0.05) is 31.7 Å². The number of rotatable bonds is 2. The number of nitrogens with zero attached hydrogens (tertiary/aromatic N) is 2. The molecule has 0 spiro atoms. The SMILES string of the molecule is CC(C)CN1CC(C)N(C)C(C)C1. The maximum absolute atomic E-state index is 2.60. The van der Waals surface area contributed by atoms with E-state index in [4.69, 9.17) is 0 Å². The van der Waals surface area contributed by atoms with Crippen LogP contribution < -0.4 is 0 Å². The van der Waals surface area contributed by atoms with E-state index in [2.05, 4.69) is 44.5 Å². The summed E-state index contributed by atoms with van der Waals surface area (Å²) in [4.78, 5) is 5.08. The molecule has 0 amide bonds. The third-order valence-corrected chi connectivity index (χ3v) is 3.06. The highest BCUT2D eigenvalue weighted by Gasteiger charge is 2.26. The predicted molar refractivity (Wildman–Crippen MR) is 58.0 cm³/mol. The first-order valence-corrected chi connectivity index (χ1v) is 5.45. The second-order valence-corrected chi connectivity index (χ2v) is 4.98. The Morgan fingerprint density at radius 2 is 1.62 bits per heavy atom. The monoisotopic (exact) mass is 184 g/mol. The van der Waals surface area contributed by atoms with Gasteiger partial charge in [-0.3, -0.25) is 9.80 Å². The molecular weight excluding hydrogens is 160 g/mol. The first-order valence-electron chi connectivity index (χ1n) is 5.45. The van der Waals surface area contributed by atoms with E-state index in [0.717, 1.165) is 5.92 Å². The maximum Gasteiger partial charge on any atom is 0.0195 e. The predicted octanol–water partition coefficient (Wildman–Crippen LogP) is 1.67. The molecule has 2 unspecified atom stereocenters. The first kappa shape index (κ1) is 11.0. The largest absolute Gasteiger partial charge is 0.300 e. The maximum atomic E-state index is 2.60. The van der Waals surface area contributed by atoms with E-state index in [1.807, 2.05) is 0 Å². The third-order valence-electron chi connectivity index (χ3n) is 3.06. The van der Waals surface area contributed by atoms with E-state index in [0.29, 0.717) is 12.1 Å². The zero-order valence-corrected chi connectivity index (χ0v) is 9.75. The van der Waals surface area contributed by atoms with Gasteiger partial charge < -0.3 is 0 Å². The summed E-state index contributed by atoms with van der Waals surface area (Å²) in [6, 6.07) is 1.42. The second-order valence-electron chi connectivity index (χ2n) is 4.98. The van der Waals surface area contributed by atoms with Gasteiger partial charge in [-0.25, -0.2) is 0 Å². The average molecular weight is 184 g/mol. The van der Waals surface area contributed by atoms with Crippen LogP contribution in [0.2, 0.25) is 0 Å². The molecule has 2 heteroatoms. The van der Waals surface area contributed by atoms with E-state index < -0.39 is 0 Å². The fourth-order valence-corrected chi connectivity index (χ4v) is 2.18. The van der Waals surface area contributed by atoms with Crippen molar-refractivity contribution in [2.24, 2.45) is 5.92 Å². The Kier molecular flexibility index (Phi) is 3.74. The third kappa shape index (κ3) is 2.96. The molecule has 0 aliphatic carbocycles. The quantitative estimate of drug-likeness (QED) is 0.644. The standard InChI is InChI=1S/C11H24N2/c1-9(2)6-13-7-10(3)12(5)11(4)8-13/h9-11H,6-8H2,1-5H3. The fraction of sp³-hybridized carbons (Fsp3) is 1.00. The molecule has 0 aromatic heterocycles. The van der Waals surface area contributed by atoms with Gasteiger partial charge in [0.05, 0.1) is 0 Å². The van der Waals surface area contributed by atoms with Crippen LogP contribution in [0.25, 0.3) is 0 Å². The Labute approximate surface area is 82.9 Å². The lowest BCUT2D eigenvalue weighted by Gasteiger charge is -2.43. The summed E-state index contributed by atoms with van der Waals surface area (Å²) in [5.74, 6) is 0.794. The van der Waals surface area contributed by atoms with Crippen molar-refractivity contribution in [1.82, 2.24) is 9.80 Å². The highest BCUT2D eigenvalue weighted by Crippen LogP contribution is 2.14. The molecule has 1 rings (SSSR count). The van der Waals surface area contributed by atoms with E-state index >= 15 is 0 Å². The molecule has 0 N–H and O–H groups in total. The molecule has 1 heterocycles. The van der Waals surface area contributed by atoms with Crippen LogP contribution >= 0.6 is 0 Å². The summed E-state index contributed by atoms with van der Waals surface area (Å²) in [6.45, 7) is 13.0. The number of piperazine rings is 1. The van der Waals surface area contributed by atoms with Crippen molar-refractivity contribution in [1.29, 1.82) is 0 Å². The molecule has 2 atom stereocenters. The lowest BCUT2D eigenvalue weighted by atomic mass is 10.1. The molecule has 0 aromatic carbocycles. The minimum Gasteiger partial charge on any atom is -0.300 e. The van der Waals surface area contributed by atoms with E-state index in [9.17, 15) is 0 Å². The van der Waals surface area contributed by atoms with Crippen LogP contribution in [0, 0.1) is 5.92 Å². The molecule has 0 aromatic rings. The van der Waals surface area contributed by atoms with Crippen molar-refractivity contribution in [2.45, 2.75) is 39.8 Å². The van der Waals surface area contributed by atoms with Crippen molar-refractivity contribution in [3.05, 3.63) is 0 Å². The van der Waals surface area contributed by atoms with Crippen molar-refractivity contribution >= 4 is 0 Å². The normalized spacial score (nSPS) is 32.8. The van der Waals surface area contributed by atoms with E-state index in [1.54, 1.807) is 0 Å². The van der Waals surface area contributed by atoms with Gasteiger partial charge in [0.25, 0.3) is 0 Å². The van der Waals surface area contributed by atoms with E-state index in [1.165, 1.54) is 19.6 Å². The van der Waals surface area contributed by atoms with Gasteiger partial charge in [-0.05, 0) is 26.8 Å². The molecule has 1 aliphatic heterocycles. The van der Waals surface area contributed by atoms with Crippen LogP contribution in [-0.2, 0) is 0 Å². The molecule has 1 aliphatic rings. The Balaban J connectivity index is 2.44. The topological polar surface area (TPSA) is 6.48 Å². The van der Waals surface area contributed by atoms with Gasteiger partial charge >= 0.3 is 0 Å². The second kappa shape index (κ2) is 4.43. The number of likely N-dealkylation sites (N-methyl/N-ethyl adjacent to an activating group) is 1. The van der Waals surface area contributed by atoms with Crippen LogP contribution in [-0.4, -0.2) is 48.6 Å². The molecule has 13 heavy (non-hydrogen) atoms. The van der Waals surface area contributed by atoms with Gasteiger partial charge in [0.15, 0.2) is 0 Å². The molecule has 1 saturated heterocycles. The minimum atomic E-state index is 0.711. The van der Waals surface area contributed by atoms with Crippen LogP contribution in [0.5, 0.6) is 0 Å². The first-order chi connectivity index (χ1) is 6.00. The van der Waals surface area contributed by atoms with Crippen molar-refractivity contribution in [3.8, 4) is 0 Å². The Morgan fingerprint density at radius 1 is 1.15 bits per heavy atom. The lowest BCUT2D eigenvalue weighted by molar-refractivity contribution is 0.0535. The summed E-state index contributed by atoms with van der Waals surface area (Å²) in [5.41, 5.74) is 0. The Bertz CT molecular complexity index is 144. The summed E-state index contributed by atoms with van der Waals surface area (Å²) in [5, 5.41) is 0. The van der Waals surface area contributed by atoms with Crippen molar-refractivity contribution < 1.29 is 0 Å². The van der Waals surface area contributed by atoms with Crippen LogP contribution in [0.15, 0.2) is 0 Å². The molecule has 0 radical (unpaired) electrons. The molecule has 1 fully saturated rings. The molecule has 0 saturated carbocycles. The number of hydrogen-bond acceptors (Lipinski definition) is 2. The summed E-state index contributed by atoms with van der Waals surface area (Å²) >= 11 is 0. The van der Waals surface area contributed by atoms with Crippen LogP contribution in [0.1, 0.15) is 27.7 Å². The van der Waals surface area contributed by atoms with Gasteiger partial charge in [-0.2, -0.15) is 0 Å². The Morgan fingerprint density at radius 3 is 2.00 bits per heavy atom. The number of hydrogen-bond donors (Lipinski definition) is 0. The van der Waals surface area contributed by atoms with Crippen molar-refractivity contribution in [3.63, 3.8) is 0 Å². The summed E-state index contributed by atoms with van der Waals surface area (Å²) in [6.07, 6.45) is 0. The average Bonchev–Trinajstić information content (AvgIpc) is 1.98. The smallest absolute Gasteiger partial charge is 0.0195 e. The van der Waals surface area contributed by atoms with Gasteiger partial charge in [-0.15, -0.1) is 0 Å². The minimum absolute atomic E-state index is 0.711. The van der Waals surface area contributed by atoms with Crippen molar-refractivity contribution in [2.75, 3.05) is 26.7 Å². The zero-order chi connectivity index (χ0) is 10.0. The Hall–Kier alpha value is -0.0800.